The second-order valence-electron chi connectivity index (χ2n) is 7.63. The maximum atomic E-state index is 12.3. The van der Waals surface area contributed by atoms with Crippen LogP contribution in [-0.4, -0.2) is 12.1 Å². The number of benzene rings is 1. The molecule has 0 aliphatic heterocycles. The summed E-state index contributed by atoms with van der Waals surface area (Å²) in [5, 5.41) is 6.17. The Labute approximate surface area is 127 Å². The number of carbonyl (C=O) groups is 1. The first-order valence-electron chi connectivity index (χ1n) is 7.97. The minimum absolute atomic E-state index is 0.0755. The lowest BCUT2D eigenvalue weighted by Crippen LogP contribution is -2.48. The molecule has 3 rings (SSSR count). The molecule has 0 saturated heterocycles. The van der Waals surface area contributed by atoms with Crippen molar-refractivity contribution in [3.05, 3.63) is 29.8 Å². The fourth-order valence-corrected chi connectivity index (χ4v) is 4.38. The number of urea groups is 1. The Morgan fingerprint density at radius 3 is 2.38 bits per heavy atom. The van der Waals surface area contributed by atoms with Crippen LogP contribution in [0.4, 0.5) is 10.5 Å². The van der Waals surface area contributed by atoms with E-state index in [1.54, 1.807) is 0 Å². The number of aryl methyl sites for hydroxylation is 1. The van der Waals surface area contributed by atoms with Crippen LogP contribution in [0.5, 0.6) is 0 Å². The lowest BCUT2D eigenvalue weighted by molar-refractivity contribution is 0.125. The molecule has 2 aliphatic rings. The number of rotatable bonds is 2. The summed E-state index contributed by atoms with van der Waals surface area (Å²) in [7, 11) is 0. The Balaban J connectivity index is 1.65. The third kappa shape index (κ3) is 2.23. The van der Waals surface area contributed by atoms with Crippen molar-refractivity contribution in [2.24, 2.45) is 16.7 Å². The Kier molecular flexibility index (Phi) is 3.27. The SMILES string of the molecule is Cc1ccc(NC(=O)N[C@H]2C[C@H]3CC[C@]2(C)C3(C)C)cc1. The molecule has 1 aromatic carbocycles. The zero-order chi connectivity index (χ0) is 15.3. The van der Waals surface area contributed by atoms with Crippen LogP contribution in [0.1, 0.15) is 45.6 Å². The highest BCUT2D eigenvalue weighted by molar-refractivity contribution is 5.89. The molecular weight excluding hydrogens is 260 g/mol. The van der Waals surface area contributed by atoms with Crippen LogP contribution in [0.25, 0.3) is 0 Å². The van der Waals surface area contributed by atoms with E-state index in [0.717, 1.165) is 18.0 Å². The molecule has 2 N–H and O–H groups in total. The summed E-state index contributed by atoms with van der Waals surface area (Å²) in [5.74, 6) is 0.743. The lowest BCUT2D eigenvalue weighted by Gasteiger charge is -2.39. The van der Waals surface area contributed by atoms with E-state index in [0.29, 0.717) is 5.41 Å². The molecular formula is C18H26N2O. The number of fused-ring (bicyclic) bond motifs is 2. The third-order valence-corrected chi connectivity index (χ3v) is 6.41. The normalized spacial score (nSPS) is 33.0. The number of hydrogen-bond acceptors (Lipinski definition) is 1. The average molecular weight is 286 g/mol. The molecule has 3 nitrogen and oxygen atoms in total. The Morgan fingerprint density at radius 1 is 1.19 bits per heavy atom. The molecule has 2 fully saturated rings. The molecule has 2 aliphatic carbocycles. The van der Waals surface area contributed by atoms with Gasteiger partial charge in [0.1, 0.15) is 0 Å². The maximum absolute atomic E-state index is 12.3. The van der Waals surface area contributed by atoms with Crippen molar-refractivity contribution < 1.29 is 4.79 Å². The fraction of sp³-hybridized carbons (Fsp3) is 0.611. The highest BCUT2D eigenvalue weighted by atomic mass is 16.2. The molecule has 114 valence electrons. The van der Waals surface area contributed by atoms with E-state index in [1.807, 2.05) is 31.2 Å². The van der Waals surface area contributed by atoms with Crippen LogP contribution < -0.4 is 10.6 Å². The smallest absolute Gasteiger partial charge is 0.319 e. The Morgan fingerprint density at radius 2 is 1.86 bits per heavy atom. The zero-order valence-electron chi connectivity index (χ0n) is 13.5. The van der Waals surface area contributed by atoms with Gasteiger partial charge in [-0.15, -0.1) is 0 Å². The average Bonchev–Trinajstić information content (AvgIpc) is 2.74. The number of carbonyl (C=O) groups excluding carboxylic acids is 1. The second kappa shape index (κ2) is 4.75. The molecule has 2 bridgehead atoms. The number of amides is 2. The standard InChI is InChI=1S/C18H26N2O/c1-12-5-7-14(8-6-12)19-16(21)20-15-11-13-9-10-18(15,4)17(13,2)3/h5-8,13,15H,9-11H2,1-4H3,(H2,19,20,21)/t13-,15+,18+/m1/s1. The molecule has 0 radical (unpaired) electrons. The van der Waals surface area contributed by atoms with Gasteiger partial charge in [-0.25, -0.2) is 4.79 Å². The first-order valence-corrected chi connectivity index (χ1v) is 7.97. The number of anilines is 1. The third-order valence-electron chi connectivity index (χ3n) is 6.41. The highest BCUT2D eigenvalue weighted by Gasteiger charge is 2.61. The minimum atomic E-state index is -0.0755. The van der Waals surface area contributed by atoms with E-state index in [-0.39, 0.29) is 17.5 Å². The molecule has 3 atom stereocenters. The van der Waals surface area contributed by atoms with E-state index >= 15 is 0 Å². The summed E-state index contributed by atoms with van der Waals surface area (Å²) in [6.45, 7) is 9.12. The Bertz CT molecular complexity index is 549. The summed E-state index contributed by atoms with van der Waals surface area (Å²) >= 11 is 0. The van der Waals surface area contributed by atoms with Gasteiger partial charge in [0.2, 0.25) is 0 Å². The summed E-state index contributed by atoms with van der Waals surface area (Å²) in [6, 6.07) is 8.13. The van der Waals surface area contributed by atoms with Crippen molar-refractivity contribution >= 4 is 11.7 Å². The molecule has 0 spiro atoms. The number of hydrogen-bond donors (Lipinski definition) is 2. The van der Waals surface area contributed by atoms with Crippen molar-refractivity contribution in [3.8, 4) is 0 Å². The van der Waals surface area contributed by atoms with E-state index in [1.165, 1.54) is 18.4 Å². The van der Waals surface area contributed by atoms with E-state index in [9.17, 15) is 4.79 Å². The molecule has 3 heteroatoms. The second-order valence-corrected chi connectivity index (χ2v) is 7.63. The van der Waals surface area contributed by atoms with E-state index in [2.05, 4.69) is 31.4 Å². The molecule has 21 heavy (non-hydrogen) atoms. The van der Waals surface area contributed by atoms with Gasteiger partial charge in [-0.05, 0) is 55.1 Å². The van der Waals surface area contributed by atoms with Crippen LogP contribution in [0.3, 0.4) is 0 Å². The first-order chi connectivity index (χ1) is 9.83. The van der Waals surface area contributed by atoms with Crippen molar-refractivity contribution in [3.63, 3.8) is 0 Å². The van der Waals surface area contributed by atoms with Gasteiger partial charge in [-0.1, -0.05) is 38.5 Å². The van der Waals surface area contributed by atoms with Gasteiger partial charge in [0.05, 0.1) is 0 Å². The molecule has 0 heterocycles. The zero-order valence-corrected chi connectivity index (χ0v) is 13.5. The number of nitrogens with one attached hydrogen (secondary N) is 2. The van der Waals surface area contributed by atoms with Gasteiger partial charge < -0.3 is 10.6 Å². The fourth-order valence-electron chi connectivity index (χ4n) is 4.38. The topological polar surface area (TPSA) is 41.1 Å². The van der Waals surface area contributed by atoms with Gasteiger partial charge in [-0.3, -0.25) is 0 Å². The monoisotopic (exact) mass is 286 g/mol. The van der Waals surface area contributed by atoms with Crippen LogP contribution in [0.2, 0.25) is 0 Å². The summed E-state index contributed by atoms with van der Waals surface area (Å²) in [5.41, 5.74) is 2.60. The molecule has 0 aromatic heterocycles. The van der Waals surface area contributed by atoms with Crippen LogP contribution >= 0.6 is 0 Å². The van der Waals surface area contributed by atoms with Gasteiger partial charge in [0.15, 0.2) is 0 Å². The van der Waals surface area contributed by atoms with Crippen LogP contribution in [0, 0.1) is 23.7 Å². The summed E-state index contributed by atoms with van der Waals surface area (Å²) in [6.07, 6.45) is 3.65. The van der Waals surface area contributed by atoms with Crippen LogP contribution in [-0.2, 0) is 0 Å². The predicted octanol–water partition coefficient (Wildman–Crippen LogP) is 4.33. The van der Waals surface area contributed by atoms with E-state index < -0.39 is 0 Å². The van der Waals surface area contributed by atoms with Gasteiger partial charge in [-0.2, -0.15) is 0 Å². The quantitative estimate of drug-likeness (QED) is 0.834. The minimum Gasteiger partial charge on any atom is -0.335 e. The molecule has 1 aromatic rings. The summed E-state index contributed by atoms with van der Waals surface area (Å²) < 4.78 is 0. The van der Waals surface area contributed by atoms with Gasteiger partial charge in [0.25, 0.3) is 0 Å². The molecule has 2 saturated carbocycles. The predicted molar refractivity (Wildman–Crippen MR) is 86.4 cm³/mol. The van der Waals surface area contributed by atoms with Crippen LogP contribution in [0.15, 0.2) is 24.3 Å². The van der Waals surface area contributed by atoms with Crippen molar-refractivity contribution in [2.75, 3.05) is 5.32 Å². The molecule has 2 amide bonds. The first kappa shape index (κ1) is 14.4. The van der Waals surface area contributed by atoms with Gasteiger partial charge >= 0.3 is 6.03 Å². The largest absolute Gasteiger partial charge is 0.335 e. The van der Waals surface area contributed by atoms with Crippen molar-refractivity contribution in [2.45, 2.75) is 53.0 Å². The van der Waals surface area contributed by atoms with E-state index in [4.69, 9.17) is 0 Å². The molecule has 0 unspecified atom stereocenters. The van der Waals surface area contributed by atoms with Crippen molar-refractivity contribution in [1.82, 2.24) is 5.32 Å². The Hall–Kier alpha value is -1.51. The lowest BCUT2D eigenvalue weighted by atomic mass is 9.69. The highest BCUT2D eigenvalue weighted by Crippen LogP contribution is 2.65. The van der Waals surface area contributed by atoms with Gasteiger partial charge in [0, 0.05) is 11.7 Å². The summed E-state index contributed by atoms with van der Waals surface area (Å²) in [4.78, 5) is 12.3. The van der Waals surface area contributed by atoms with Crippen molar-refractivity contribution in [1.29, 1.82) is 0 Å². The maximum Gasteiger partial charge on any atom is 0.319 e.